The maximum Gasteiger partial charge on any atom is 0.146 e. The minimum Gasteiger partial charge on any atom is -0.317 e. The average molecular weight is 236 g/mol. The van der Waals surface area contributed by atoms with Crippen molar-refractivity contribution < 1.29 is 0 Å². The summed E-state index contributed by atoms with van der Waals surface area (Å²) in [6.45, 7) is 8.65. The highest BCUT2D eigenvalue weighted by molar-refractivity contribution is 4.88. The summed E-state index contributed by atoms with van der Waals surface area (Å²) in [6.07, 6.45) is 5.84. The van der Waals surface area contributed by atoms with E-state index in [1.807, 2.05) is 6.33 Å². The van der Waals surface area contributed by atoms with Crippen molar-refractivity contribution in [2.24, 2.45) is 11.8 Å². The van der Waals surface area contributed by atoms with Gasteiger partial charge in [0.05, 0.1) is 6.54 Å². The lowest BCUT2D eigenvalue weighted by atomic mass is 9.78. The summed E-state index contributed by atoms with van der Waals surface area (Å²) < 4.78 is 2.10. The van der Waals surface area contributed by atoms with Crippen LogP contribution < -0.4 is 5.32 Å². The Hall–Kier alpha value is -0.900. The van der Waals surface area contributed by atoms with Crippen LogP contribution in [-0.4, -0.2) is 20.8 Å². The van der Waals surface area contributed by atoms with Crippen LogP contribution in [0.5, 0.6) is 0 Å². The van der Waals surface area contributed by atoms with Crippen molar-refractivity contribution in [2.45, 2.75) is 59.2 Å². The predicted octanol–water partition coefficient (Wildman–Crippen LogP) is 2.21. The molecule has 0 radical (unpaired) electrons. The zero-order valence-corrected chi connectivity index (χ0v) is 11.2. The summed E-state index contributed by atoms with van der Waals surface area (Å²) in [5, 5.41) is 11.8. The molecule has 3 atom stereocenters. The molecule has 0 saturated heterocycles. The molecular weight excluding hydrogens is 212 g/mol. The van der Waals surface area contributed by atoms with Crippen molar-refractivity contribution in [2.75, 3.05) is 0 Å². The van der Waals surface area contributed by atoms with Gasteiger partial charge in [-0.15, -0.1) is 10.2 Å². The van der Waals surface area contributed by atoms with E-state index in [2.05, 4.69) is 40.9 Å². The molecule has 1 aromatic heterocycles. The maximum atomic E-state index is 4.17. The van der Waals surface area contributed by atoms with Crippen molar-refractivity contribution in [1.29, 1.82) is 0 Å². The van der Waals surface area contributed by atoms with Gasteiger partial charge in [-0.2, -0.15) is 0 Å². The molecule has 1 aliphatic carbocycles. The SMILES string of the molecule is CCn1cnnc1CN[C@H]1CCC[C@H](C)[C@@H]1C. The highest BCUT2D eigenvalue weighted by Crippen LogP contribution is 2.29. The third-order valence-corrected chi connectivity index (χ3v) is 4.27. The first-order valence-corrected chi connectivity index (χ1v) is 6.82. The molecule has 17 heavy (non-hydrogen) atoms. The summed E-state index contributed by atoms with van der Waals surface area (Å²) in [4.78, 5) is 0. The van der Waals surface area contributed by atoms with Crippen LogP contribution in [0, 0.1) is 11.8 Å². The van der Waals surface area contributed by atoms with E-state index in [9.17, 15) is 0 Å². The Kier molecular flexibility index (Phi) is 4.15. The maximum absolute atomic E-state index is 4.17. The summed E-state index contributed by atoms with van der Waals surface area (Å²) in [6, 6.07) is 0.640. The Morgan fingerprint density at radius 2 is 2.24 bits per heavy atom. The Morgan fingerprint density at radius 3 is 3.00 bits per heavy atom. The van der Waals surface area contributed by atoms with E-state index in [4.69, 9.17) is 0 Å². The van der Waals surface area contributed by atoms with Gasteiger partial charge in [-0.25, -0.2) is 0 Å². The number of aromatic nitrogens is 3. The second kappa shape index (κ2) is 5.63. The van der Waals surface area contributed by atoms with E-state index in [0.717, 1.165) is 30.7 Å². The van der Waals surface area contributed by atoms with Crippen molar-refractivity contribution in [3.63, 3.8) is 0 Å². The van der Waals surface area contributed by atoms with Gasteiger partial charge in [0.1, 0.15) is 12.2 Å². The zero-order chi connectivity index (χ0) is 12.3. The number of hydrogen-bond donors (Lipinski definition) is 1. The summed E-state index contributed by atoms with van der Waals surface area (Å²) in [7, 11) is 0. The highest BCUT2D eigenvalue weighted by atomic mass is 15.3. The fraction of sp³-hybridized carbons (Fsp3) is 0.846. The second-order valence-corrected chi connectivity index (χ2v) is 5.29. The lowest BCUT2D eigenvalue weighted by molar-refractivity contribution is 0.204. The number of hydrogen-bond acceptors (Lipinski definition) is 3. The standard InChI is InChI=1S/C13H24N4/c1-4-17-9-15-16-13(17)8-14-12-7-5-6-10(2)11(12)3/h9-12,14H,4-8H2,1-3H3/t10-,11-,12-/m0/s1. The Bertz CT molecular complexity index is 347. The van der Waals surface area contributed by atoms with Gasteiger partial charge in [0.2, 0.25) is 0 Å². The molecule has 1 aromatic rings. The number of nitrogens with zero attached hydrogens (tertiary/aromatic N) is 3. The van der Waals surface area contributed by atoms with Crippen LogP contribution in [0.3, 0.4) is 0 Å². The number of aryl methyl sites for hydroxylation is 1. The topological polar surface area (TPSA) is 42.7 Å². The van der Waals surface area contributed by atoms with Gasteiger partial charge in [0.25, 0.3) is 0 Å². The molecule has 1 N–H and O–H groups in total. The first-order chi connectivity index (χ1) is 8.22. The first kappa shape index (κ1) is 12.6. The van der Waals surface area contributed by atoms with E-state index in [1.54, 1.807) is 0 Å². The van der Waals surface area contributed by atoms with Crippen LogP contribution in [0.2, 0.25) is 0 Å². The summed E-state index contributed by atoms with van der Waals surface area (Å²) >= 11 is 0. The predicted molar refractivity (Wildman–Crippen MR) is 68.5 cm³/mol. The van der Waals surface area contributed by atoms with Gasteiger partial charge in [-0.05, 0) is 25.2 Å². The lowest BCUT2D eigenvalue weighted by Gasteiger charge is -2.34. The van der Waals surface area contributed by atoms with Crippen molar-refractivity contribution >= 4 is 0 Å². The fourth-order valence-electron chi connectivity index (χ4n) is 2.77. The molecule has 1 saturated carbocycles. The Balaban J connectivity index is 1.89. The second-order valence-electron chi connectivity index (χ2n) is 5.29. The zero-order valence-electron chi connectivity index (χ0n) is 11.2. The molecule has 96 valence electrons. The molecule has 2 rings (SSSR count). The van der Waals surface area contributed by atoms with Gasteiger partial charge in [0.15, 0.2) is 0 Å². The monoisotopic (exact) mass is 236 g/mol. The fourth-order valence-corrected chi connectivity index (χ4v) is 2.77. The number of nitrogens with one attached hydrogen (secondary N) is 1. The van der Waals surface area contributed by atoms with Crippen LogP contribution in [0.1, 0.15) is 45.9 Å². The molecule has 0 spiro atoms. The molecule has 0 unspecified atom stereocenters. The molecule has 0 bridgehead atoms. The average Bonchev–Trinajstić information content (AvgIpc) is 2.78. The molecule has 0 amide bonds. The van der Waals surface area contributed by atoms with Gasteiger partial charge in [-0.3, -0.25) is 0 Å². The van der Waals surface area contributed by atoms with Crippen molar-refractivity contribution in [1.82, 2.24) is 20.1 Å². The van der Waals surface area contributed by atoms with Crippen molar-refractivity contribution in [3.8, 4) is 0 Å². The quantitative estimate of drug-likeness (QED) is 0.871. The van der Waals surface area contributed by atoms with Crippen LogP contribution in [0.15, 0.2) is 6.33 Å². The first-order valence-electron chi connectivity index (χ1n) is 6.82. The minimum absolute atomic E-state index is 0.640. The van der Waals surface area contributed by atoms with E-state index in [0.29, 0.717) is 6.04 Å². The third kappa shape index (κ3) is 2.86. The molecule has 1 heterocycles. The molecule has 0 aliphatic heterocycles. The van der Waals surface area contributed by atoms with Crippen LogP contribution in [0.25, 0.3) is 0 Å². The minimum atomic E-state index is 0.640. The molecule has 4 heteroatoms. The Labute approximate surface area is 104 Å². The summed E-state index contributed by atoms with van der Waals surface area (Å²) in [5.41, 5.74) is 0. The lowest BCUT2D eigenvalue weighted by Crippen LogP contribution is -2.40. The van der Waals surface area contributed by atoms with E-state index in [-0.39, 0.29) is 0 Å². The number of rotatable bonds is 4. The van der Waals surface area contributed by atoms with Crippen molar-refractivity contribution in [3.05, 3.63) is 12.2 Å². The molecule has 4 nitrogen and oxygen atoms in total. The van der Waals surface area contributed by atoms with Crippen LogP contribution >= 0.6 is 0 Å². The van der Waals surface area contributed by atoms with Gasteiger partial charge in [-0.1, -0.05) is 26.7 Å². The molecule has 1 aliphatic rings. The summed E-state index contributed by atoms with van der Waals surface area (Å²) in [5.74, 6) is 2.66. The van der Waals surface area contributed by atoms with Gasteiger partial charge in [0, 0.05) is 12.6 Å². The third-order valence-electron chi connectivity index (χ3n) is 4.27. The van der Waals surface area contributed by atoms with Gasteiger partial charge >= 0.3 is 0 Å². The normalized spacial score (nSPS) is 29.5. The molecule has 0 aromatic carbocycles. The van der Waals surface area contributed by atoms with Crippen LogP contribution in [-0.2, 0) is 13.1 Å². The van der Waals surface area contributed by atoms with E-state index < -0.39 is 0 Å². The van der Waals surface area contributed by atoms with Gasteiger partial charge < -0.3 is 9.88 Å². The van der Waals surface area contributed by atoms with E-state index >= 15 is 0 Å². The van der Waals surface area contributed by atoms with Crippen LogP contribution in [0.4, 0.5) is 0 Å². The largest absolute Gasteiger partial charge is 0.317 e. The highest BCUT2D eigenvalue weighted by Gasteiger charge is 2.26. The van der Waals surface area contributed by atoms with E-state index in [1.165, 1.54) is 19.3 Å². The molecular formula is C13H24N4. The Morgan fingerprint density at radius 1 is 1.41 bits per heavy atom. The smallest absolute Gasteiger partial charge is 0.146 e. The molecule has 1 fully saturated rings.